The van der Waals surface area contributed by atoms with E-state index in [0.29, 0.717) is 5.69 Å². The lowest BCUT2D eigenvalue weighted by Gasteiger charge is -2.07. The minimum Gasteiger partial charge on any atom is -0.360 e. The average molecular weight is 347 g/mol. The van der Waals surface area contributed by atoms with Crippen LogP contribution in [0.5, 0.6) is 0 Å². The number of nitrogens with zero attached hydrogens (tertiary/aromatic N) is 4. The summed E-state index contributed by atoms with van der Waals surface area (Å²) < 4.78 is 34.0. The lowest BCUT2D eigenvalue weighted by molar-refractivity contribution is 0.390. The molecule has 0 saturated carbocycles. The van der Waals surface area contributed by atoms with Crippen molar-refractivity contribution < 1.29 is 12.9 Å². The minimum atomic E-state index is -3.70. The van der Waals surface area contributed by atoms with Gasteiger partial charge in [-0.25, -0.2) is 13.1 Å². The van der Waals surface area contributed by atoms with Crippen LogP contribution in [0, 0.1) is 13.8 Å². The van der Waals surface area contributed by atoms with E-state index in [2.05, 4.69) is 20.0 Å². The lowest BCUT2D eigenvalue weighted by Crippen LogP contribution is -2.24. The molecule has 3 aromatic heterocycles. The molecule has 0 atom stereocenters. The van der Waals surface area contributed by atoms with Gasteiger partial charge in [-0.2, -0.15) is 5.10 Å². The molecule has 8 nitrogen and oxygen atoms in total. The van der Waals surface area contributed by atoms with Crippen molar-refractivity contribution in [1.29, 1.82) is 0 Å². The summed E-state index contributed by atoms with van der Waals surface area (Å²) in [7, 11) is -1.87. The molecule has 9 heteroatoms. The van der Waals surface area contributed by atoms with Gasteiger partial charge in [0.2, 0.25) is 10.0 Å². The van der Waals surface area contributed by atoms with Crippen LogP contribution in [-0.4, -0.2) is 28.3 Å². The van der Waals surface area contributed by atoms with E-state index in [4.69, 9.17) is 4.52 Å². The third kappa shape index (κ3) is 3.22. The minimum absolute atomic E-state index is 0.0823. The first kappa shape index (κ1) is 16.3. The molecule has 3 rings (SSSR count). The van der Waals surface area contributed by atoms with Crippen molar-refractivity contribution in [2.24, 2.45) is 7.05 Å². The molecule has 0 aromatic carbocycles. The third-order valence-corrected chi connectivity index (χ3v) is 5.18. The molecular weight excluding hydrogens is 330 g/mol. The quantitative estimate of drug-likeness (QED) is 0.751. The zero-order valence-corrected chi connectivity index (χ0v) is 14.3. The second kappa shape index (κ2) is 6.17. The number of pyridine rings is 1. The molecule has 0 spiro atoms. The Morgan fingerprint density at radius 3 is 2.62 bits per heavy atom. The van der Waals surface area contributed by atoms with Gasteiger partial charge in [-0.05, 0) is 25.5 Å². The molecular formula is C15H17N5O3S. The Bertz CT molecular complexity index is 955. The van der Waals surface area contributed by atoms with Gasteiger partial charge in [0, 0.05) is 43.3 Å². The van der Waals surface area contributed by atoms with Gasteiger partial charge in [-0.1, -0.05) is 5.16 Å². The number of aromatic nitrogens is 4. The van der Waals surface area contributed by atoms with Gasteiger partial charge in [0.05, 0.1) is 6.20 Å². The summed E-state index contributed by atoms with van der Waals surface area (Å²) in [5, 5.41) is 7.80. The highest BCUT2D eigenvalue weighted by Gasteiger charge is 2.23. The SMILES string of the molecule is Cc1noc(C)c1S(=O)(=O)NCc1cncc(-c2cnn(C)c2)c1. The zero-order chi connectivity index (χ0) is 17.3. The second-order valence-corrected chi connectivity index (χ2v) is 7.17. The fraction of sp³-hybridized carbons (Fsp3) is 0.267. The first-order chi connectivity index (χ1) is 11.4. The number of nitrogens with one attached hydrogen (secondary N) is 1. The monoisotopic (exact) mass is 347 g/mol. The van der Waals surface area contributed by atoms with Crippen LogP contribution >= 0.6 is 0 Å². The first-order valence-corrected chi connectivity index (χ1v) is 8.70. The summed E-state index contributed by atoms with van der Waals surface area (Å²) in [6.45, 7) is 3.28. The van der Waals surface area contributed by atoms with Gasteiger partial charge in [-0.3, -0.25) is 9.67 Å². The fourth-order valence-corrected chi connectivity index (χ4v) is 3.76. The fourth-order valence-electron chi connectivity index (χ4n) is 2.42. The molecule has 0 saturated heterocycles. The summed E-state index contributed by atoms with van der Waals surface area (Å²) in [6, 6.07) is 1.87. The first-order valence-electron chi connectivity index (χ1n) is 7.22. The van der Waals surface area contributed by atoms with Crippen molar-refractivity contribution >= 4 is 10.0 Å². The van der Waals surface area contributed by atoms with Gasteiger partial charge in [0.1, 0.15) is 10.6 Å². The van der Waals surface area contributed by atoms with Crippen LogP contribution in [0.1, 0.15) is 17.0 Å². The largest absolute Gasteiger partial charge is 0.360 e. The van der Waals surface area contributed by atoms with Gasteiger partial charge in [0.15, 0.2) is 5.76 Å². The van der Waals surface area contributed by atoms with E-state index >= 15 is 0 Å². The van der Waals surface area contributed by atoms with Gasteiger partial charge >= 0.3 is 0 Å². The van der Waals surface area contributed by atoms with Gasteiger partial charge < -0.3 is 4.52 Å². The number of rotatable bonds is 5. The molecule has 0 aliphatic heterocycles. The Kier molecular flexibility index (Phi) is 4.20. The molecule has 0 aliphatic carbocycles. The van der Waals surface area contributed by atoms with Crippen LogP contribution in [0.3, 0.4) is 0 Å². The molecule has 126 valence electrons. The molecule has 0 aliphatic rings. The summed E-state index contributed by atoms with van der Waals surface area (Å²) >= 11 is 0. The Labute approximate surface area is 139 Å². The normalized spacial score (nSPS) is 11.8. The molecule has 1 N–H and O–H groups in total. The Balaban J connectivity index is 1.80. The van der Waals surface area contributed by atoms with E-state index in [1.54, 1.807) is 37.1 Å². The van der Waals surface area contributed by atoms with Crippen LogP contribution in [0.2, 0.25) is 0 Å². The van der Waals surface area contributed by atoms with Crippen LogP contribution < -0.4 is 4.72 Å². The van der Waals surface area contributed by atoms with Crippen molar-refractivity contribution in [3.05, 3.63) is 47.9 Å². The average Bonchev–Trinajstić information content (AvgIpc) is 3.12. The summed E-state index contributed by atoms with van der Waals surface area (Å²) in [6.07, 6.45) is 6.93. The summed E-state index contributed by atoms with van der Waals surface area (Å²) in [4.78, 5) is 4.25. The van der Waals surface area contributed by atoms with E-state index in [9.17, 15) is 8.42 Å². The van der Waals surface area contributed by atoms with Crippen molar-refractivity contribution in [2.45, 2.75) is 25.3 Å². The smallest absolute Gasteiger partial charge is 0.246 e. The van der Waals surface area contributed by atoms with E-state index in [1.165, 1.54) is 0 Å². The molecule has 0 amide bonds. The summed E-state index contributed by atoms with van der Waals surface area (Å²) in [5.74, 6) is 0.266. The molecule has 0 unspecified atom stereocenters. The Morgan fingerprint density at radius 1 is 1.21 bits per heavy atom. The van der Waals surface area contributed by atoms with Gasteiger partial charge in [0.25, 0.3) is 0 Å². The van der Waals surface area contributed by atoms with E-state index in [-0.39, 0.29) is 17.2 Å². The number of hydrogen-bond donors (Lipinski definition) is 1. The van der Waals surface area contributed by atoms with Crippen molar-refractivity contribution in [3.8, 4) is 11.1 Å². The van der Waals surface area contributed by atoms with Crippen LogP contribution in [0.4, 0.5) is 0 Å². The molecule has 0 fully saturated rings. The predicted molar refractivity (Wildman–Crippen MR) is 86.4 cm³/mol. The van der Waals surface area contributed by atoms with Crippen LogP contribution in [0.25, 0.3) is 11.1 Å². The maximum absolute atomic E-state index is 12.4. The number of hydrogen-bond acceptors (Lipinski definition) is 6. The van der Waals surface area contributed by atoms with Crippen molar-refractivity contribution in [1.82, 2.24) is 24.6 Å². The molecule has 3 heterocycles. The molecule has 3 aromatic rings. The highest BCUT2D eigenvalue weighted by Crippen LogP contribution is 2.20. The molecule has 0 bridgehead atoms. The molecule has 24 heavy (non-hydrogen) atoms. The van der Waals surface area contributed by atoms with E-state index in [1.807, 2.05) is 19.3 Å². The number of aryl methyl sites for hydroxylation is 3. The lowest BCUT2D eigenvalue weighted by atomic mass is 10.1. The van der Waals surface area contributed by atoms with E-state index in [0.717, 1.165) is 16.7 Å². The highest BCUT2D eigenvalue weighted by molar-refractivity contribution is 7.89. The third-order valence-electron chi connectivity index (χ3n) is 3.54. The van der Waals surface area contributed by atoms with Crippen molar-refractivity contribution in [2.75, 3.05) is 0 Å². The molecule has 0 radical (unpaired) electrons. The second-order valence-electron chi connectivity index (χ2n) is 5.46. The zero-order valence-electron chi connectivity index (χ0n) is 13.5. The Morgan fingerprint density at radius 2 is 2.00 bits per heavy atom. The topological polar surface area (TPSA) is 103 Å². The summed E-state index contributed by atoms with van der Waals surface area (Å²) in [5.41, 5.74) is 2.87. The van der Waals surface area contributed by atoms with Crippen LogP contribution in [0.15, 0.2) is 40.3 Å². The maximum Gasteiger partial charge on any atom is 0.246 e. The highest BCUT2D eigenvalue weighted by atomic mass is 32.2. The maximum atomic E-state index is 12.4. The van der Waals surface area contributed by atoms with Crippen LogP contribution in [-0.2, 0) is 23.6 Å². The standard InChI is InChI=1S/C15H17N5O3S/c1-10-15(11(2)23-19-10)24(21,22)18-6-12-4-13(7-16-5-12)14-8-17-20(3)9-14/h4-5,7-9,18H,6H2,1-3H3. The van der Waals surface area contributed by atoms with Gasteiger partial charge in [-0.15, -0.1) is 0 Å². The Hall–Kier alpha value is -2.52. The number of sulfonamides is 1. The van der Waals surface area contributed by atoms with Crippen molar-refractivity contribution in [3.63, 3.8) is 0 Å². The predicted octanol–water partition coefficient (Wildman–Crippen LogP) is 1.57. The van der Waals surface area contributed by atoms with E-state index < -0.39 is 10.0 Å².